The fourth-order valence-corrected chi connectivity index (χ4v) is 2.22. The van der Waals surface area contributed by atoms with E-state index in [1.165, 1.54) is 0 Å². The minimum Gasteiger partial charge on any atom is -0.399 e. The van der Waals surface area contributed by atoms with Gasteiger partial charge in [0.25, 0.3) is 0 Å². The number of nitrogens with one attached hydrogen (secondary N) is 1. The molecule has 1 aliphatic rings. The Balaban J connectivity index is 2.16. The van der Waals surface area contributed by atoms with Crippen molar-refractivity contribution in [1.82, 2.24) is 5.32 Å². The van der Waals surface area contributed by atoms with E-state index in [1.54, 1.807) is 11.0 Å². The van der Waals surface area contributed by atoms with Gasteiger partial charge in [-0.3, -0.25) is 9.59 Å². The maximum atomic E-state index is 12.0. The van der Waals surface area contributed by atoms with E-state index in [9.17, 15) is 9.59 Å². The lowest BCUT2D eigenvalue weighted by atomic mass is 10.0. The molecule has 2 rings (SSSR count). The number of carbonyl (C=O) groups excluding carboxylic acids is 2. The first kappa shape index (κ1) is 13.4. The zero-order valence-corrected chi connectivity index (χ0v) is 11.1. The van der Waals surface area contributed by atoms with Crippen LogP contribution in [0.1, 0.15) is 25.3 Å². The van der Waals surface area contributed by atoms with Crippen molar-refractivity contribution in [3.63, 3.8) is 0 Å². The highest BCUT2D eigenvalue weighted by molar-refractivity contribution is 6.01. The van der Waals surface area contributed by atoms with Gasteiger partial charge in [-0.25, -0.2) is 0 Å². The van der Waals surface area contributed by atoms with Gasteiger partial charge in [-0.05, 0) is 36.6 Å². The van der Waals surface area contributed by atoms with Gasteiger partial charge >= 0.3 is 0 Å². The summed E-state index contributed by atoms with van der Waals surface area (Å²) >= 11 is 0. The topological polar surface area (TPSA) is 75.4 Å². The van der Waals surface area contributed by atoms with Crippen LogP contribution in [0.25, 0.3) is 0 Å². The van der Waals surface area contributed by atoms with E-state index in [0.29, 0.717) is 25.1 Å². The largest absolute Gasteiger partial charge is 0.399 e. The predicted molar refractivity (Wildman–Crippen MR) is 74.8 cm³/mol. The van der Waals surface area contributed by atoms with Crippen molar-refractivity contribution < 1.29 is 9.59 Å². The SMILES string of the molecule is CCCNC(=O)CN1C(=O)CCc2cc(N)ccc21. The molecule has 0 unspecified atom stereocenters. The molecule has 5 heteroatoms. The normalized spacial score (nSPS) is 14.2. The van der Waals surface area contributed by atoms with Crippen molar-refractivity contribution >= 4 is 23.2 Å². The zero-order valence-electron chi connectivity index (χ0n) is 11.1. The zero-order chi connectivity index (χ0) is 13.8. The van der Waals surface area contributed by atoms with Gasteiger partial charge in [0.2, 0.25) is 11.8 Å². The van der Waals surface area contributed by atoms with E-state index in [0.717, 1.165) is 17.7 Å². The van der Waals surface area contributed by atoms with Crippen LogP contribution in [0.3, 0.4) is 0 Å². The third-order valence-electron chi connectivity index (χ3n) is 3.18. The van der Waals surface area contributed by atoms with Crippen LogP contribution in [0.4, 0.5) is 11.4 Å². The number of carbonyl (C=O) groups is 2. The molecule has 0 saturated carbocycles. The number of fused-ring (bicyclic) bond motifs is 1. The third-order valence-corrected chi connectivity index (χ3v) is 3.18. The van der Waals surface area contributed by atoms with Crippen LogP contribution in [0.15, 0.2) is 18.2 Å². The standard InChI is InChI=1S/C14H19N3O2/c1-2-7-16-13(18)9-17-12-5-4-11(15)8-10(12)3-6-14(17)19/h4-5,8H,2-3,6-7,9,15H2,1H3,(H,16,18). The van der Waals surface area contributed by atoms with Gasteiger partial charge in [-0.1, -0.05) is 6.92 Å². The minimum atomic E-state index is -0.125. The highest BCUT2D eigenvalue weighted by atomic mass is 16.2. The number of benzene rings is 1. The molecule has 5 nitrogen and oxygen atoms in total. The molecule has 3 N–H and O–H groups in total. The second-order valence-electron chi connectivity index (χ2n) is 4.72. The Bertz CT molecular complexity index is 499. The first-order chi connectivity index (χ1) is 9.11. The summed E-state index contributed by atoms with van der Waals surface area (Å²) in [5.74, 6) is -0.135. The summed E-state index contributed by atoms with van der Waals surface area (Å²) in [4.78, 5) is 25.3. The first-order valence-corrected chi connectivity index (χ1v) is 6.57. The molecule has 0 atom stereocenters. The molecule has 0 aromatic heterocycles. The monoisotopic (exact) mass is 261 g/mol. The highest BCUT2D eigenvalue weighted by Gasteiger charge is 2.25. The summed E-state index contributed by atoms with van der Waals surface area (Å²) in [6.07, 6.45) is 2.00. The first-order valence-electron chi connectivity index (χ1n) is 6.57. The van der Waals surface area contributed by atoms with E-state index >= 15 is 0 Å². The molecule has 1 aliphatic heterocycles. The average molecular weight is 261 g/mol. The molecule has 0 fully saturated rings. The summed E-state index contributed by atoms with van der Waals surface area (Å²) in [5.41, 5.74) is 8.26. The molecule has 1 heterocycles. The fourth-order valence-electron chi connectivity index (χ4n) is 2.22. The van der Waals surface area contributed by atoms with Gasteiger partial charge in [0.05, 0.1) is 0 Å². The Morgan fingerprint density at radius 3 is 2.95 bits per heavy atom. The van der Waals surface area contributed by atoms with Crippen molar-refractivity contribution in [3.8, 4) is 0 Å². The average Bonchev–Trinajstić information content (AvgIpc) is 2.39. The van der Waals surface area contributed by atoms with Crippen LogP contribution in [0.2, 0.25) is 0 Å². The van der Waals surface area contributed by atoms with Crippen molar-refractivity contribution in [1.29, 1.82) is 0 Å². The molecular weight excluding hydrogens is 242 g/mol. The number of nitrogen functional groups attached to an aromatic ring is 1. The summed E-state index contributed by atoms with van der Waals surface area (Å²) in [7, 11) is 0. The van der Waals surface area contributed by atoms with Gasteiger partial charge in [0.15, 0.2) is 0 Å². The van der Waals surface area contributed by atoms with Crippen LogP contribution in [0.5, 0.6) is 0 Å². The number of rotatable bonds is 4. The van der Waals surface area contributed by atoms with E-state index in [-0.39, 0.29) is 18.4 Å². The van der Waals surface area contributed by atoms with Crippen LogP contribution in [-0.4, -0.2) is 24.9 Å². The molecule has 0 bridgehead atoms. The third kappa shape index (κ3) is 3.05. The lowest BCUT2D eigenvalue weighted by Gasteiger charge is -2.29. The molecule has 1 aromatic rings. The molecule has 19 heavy (non-hydrogen) atoms. The number of hydrogen-bond donors (Lipinski definition) is 2. The van der Waals surface area contributed by atoms with E-state index in [1.807, 2.05) is 19.1 Å². The lowest BCUT2D eigenvalue weighted by Crippen LogP contribution is -2.43. The number of hydrogen-bond acceptors (Lipinski definition) is 3. The summed E-state index contributed by atoms with van der Waals surface area (Å²) in [6, 6.07) is 5.45. The minimum absolute atomic E-state index is 0.0103. The lowest BCUT2D eigenvalue weighted by molar-refractivity contribution is -0.124. The van der Waals surface area contributed by atoms with Crippen LogP contribution in [0, 0.1) is 0 Å². The van der Waals surface area contributed by atoms with Gasteiger partial charge in [-0.2, -0.15) is 0 Å². The summed E-state index contributed by atoms with van der Waals surface area (Å²) in [5, 5.41) is 2.78. The van der Waals surface area contributed by atoms with E-state index in [2.05, 4.69) is 5.32 Å². The molecule has 102 valence electrons. The highest BCUT2D eigenvalue weighted by Crippen LogP contribution is 2.29. The molecule has 0 spiro atoms. The molecule has 0 radical (unpaired) electrons. The summed E-state index contributed by atoms with van der Waals surface area (Å²) < 4.78 is 0. The van der Waals surface area contributed by atoms with Crippen molar-refractivity contribution in [2.45, 2.75) is 26.2 Å². The molecule has 2 amide bonds. The van der Waals surface area contributed by atoms with Gasteiger partial charge in [0.1, 0.15) is 6.54 Å². The van der Waals surface area contributed by atoms with Crippen molar-refractivity contribution in [2.24, 2.45) is 0 Å². The molecular formula is C14H19N3O2. The quantitative estimate of drug-likeness (QED) is 0.796. The second-order valence-corrected chi connectivity index (χ2v) is 4.72. The Labute approximate surface area is 112 Å². The predicted octanol–water partition coefficient (Wildman–Crippen LogP) is 1.07. The Hall–Kier alpha value is -2.04. The Kier molecular flexibility index (Phi) is 4.04. The Morgan fingerprint density at radius 2 is 2.21 bits per heavy atom. The summed E-state index contributed by atoms with van der Waals surface area (Å²) in [6.45, 7) is 2.70. The molecule has 1 aromatic carbocycles. The maximum Gasteiger partial charge on any atom is 0.240 e. The number of aryl methyl sites for hydroxylation is 1. The second kappa shape index (κ2) is 5.73. The van der Waals surface area contributed by atoms with Crippen molar-refractivity contribution in [2.75, 3.05) is 23.7 Å². The smallest absolute Gasteiger partial charge is 0.240 e. The van der Waals surface area contributed by atoms with Crippen LogP contribution in [-0.2, 0) is 16.0 Å². The van der Waals surface area contributed by atoms with E-state index in [4.69, 9.17) is 5.73 Å². The van der Waals surface area contributed by atoms with Gasteiger partial charge in [-0.15, -0.1) is 0 Å². The maximum absolute atomic E-state index is 12.0. The van der Waals surface area contributed by atoms with Crippen molar-refractivity contribution in [3.05, 3.63) is 23.8 Å². The van der Waals surface area contributed by atoms with Gasteiger partial charge in [0, 0.05) is 24.3 Å². The number of nitrogens with two attached hydrogens (primary N) is 1. The van der Waals surface area contributed by atoms with E-state index < -0.39 is 0 Å². The molecule has 0 saturated heterocycles. The van der Waals surface area contributed by atoms with Crippen LogP contribution < -0.4 is 16.0 Å². The Morgan fingerprint density at radius 1 is 1.42 bits per heavy atom. The molecule has 0 aliphatic carbocycles. The fraction of sp³-hybridized carbons (Fsp3) is 0.429. The number of anilines is 2. The number of nitrogens with zero attached hydrogens (tertiary/aromatic N) is 1. The van der Waals surface area contributed by atoms with Gasteiger partial charge < -0.3 is 16.0 Å². The van der Waals surface area contributed by atoms with Crippen LogP contribution >= 0.6 is 0 Å². The number of amides is 2.